The zero-order valence-electron chi connectivity index (χ0n) is 16.6. The Balaban J connectivity index is 1.99. The number of amides is 1. The molecule has 28 heavy (non-hydrogen) atoms. The van der Waals surface area contributed by atoms with Gasteiger partial charge in [-0.3, -0.25) is 9.59 Å². The van der Waals surface area contributed by atoms with E-state index >= 15 is 0 Å². The van der Waals surface area contributed by atoms with E-state index in [-0.39, 0.29) is 11.3 Å². The van der Waals surface area contributed by atoms with E-state index in [2.05, 4.69) is 13.8 Å². The summed E-state index contributed by atoms with van der Waals surface area (Å²) in [6, 6.07) is 13.9. The highest BCUT2D eigenvalue weighted by Gasteiger charge is 2.44. The van der Waals surface area contributed by atoms with Gasteiger partial charge in [0, 0.05) is 12.6 Å². The number of carbonyl (C=O) groups excluding carboxylic acids is 2. The van der Waals surface area contributed by atoms with Gasteiger partial charge < -0.3 is 14.7 Å². The van der Waals surface area contributed by atoms with Gasteiger partial charge in [-0.15, -0.1) is 0 Å². The van der Waals surface area contributed by atoms with Crippen molar-refractivity contribution in [2.24, 2.45) is 5.92 Å². The Bertz CT molecular complexity index is 911. The maximum absolute atomic E-state index is 12.6. The average molecular weight is 379 g/mol. The van der Waals surface area contributed by atoms with Gasteiger partial charge in [0.25, 0.3) is 11.7 Å². The molecule has 2 aromatic carbocycles. The van der Waals surface area contributed by atoms with Crippen LogP contribution in [0.3, 0.4) is 0 Å². The molecule has 3 rings (SSSR count). The first-order valence-corrected chi connectivity index (χ1v) is 9.34. The third-order valence-corrected chi connectivity index (χ3v) is 4.78. The molecule has 1 aliphatic rings. The Morgan fingerprint density at radius 2 is 1.68 bits per heavy atom. The molecule has 2 aromatic rings. The maximum atomic E-state index is 12.6. The van der Waals surface area contributed by atoms with Crippen molar-refractivity contribution in [2.75, 3.05) is 13.7 Å². The maximum Gasteiger partial charge on any atom is 0.295 e. The van der Waals surface area contributed by atoms with E-state index in [1.54, 1.807) is 31.3 Å². The number of rotatable bonds is 5. The summed E-state index contributed by atoms with van der Waals surface area (Å²) in [6.07, 6.45) is 0. The van der Waals surface area contributed by atoms with Crippen LogP contribution in [0, 0.1) is 12.8 Å². The molecule has 1 N–H and O–H groups in total. The third kappa shape index (κ3) is 3.79. The number of likely N-dealkylation sites (N-methyl/N-ethyl adjacent to an activating group) is 1. The molecule has 0 radical (unpaired) electrons. The summed E-state index contributed by atoms with van der Waals surface area (Å²) >= 11 is 0. The molecule has 1 saturated heterocycles. The lowest BCUT2D eigenvalue weighted by molar-refractivity contribution is -0.139. The first-order chi connectivity index (χ1) is 13.3. The molecule has 146 valence electrons. The standard InChI is InChI=1S/C23H25NO4/c1-14(2)13-28-18-11-9-17(10-12-18)21(25)19-20(24(4)23(27)22(19)26)16-7-5-15(3)6-8-16/h5-12,14,20,25H,13H2,1-4H3/t20-/m1/s1. The summed E-state index contributed by atoms with van der Waals surface area (Å²) in [5.74, 6) is -0.377. The number of hydrogen-bond acceptors (Lipinski definition) is 4. The largest absolute Gasteiger partial charge is 0.507 e. The monoisotopic (exact) mass is 379 g/mol. The van der Waals surface area contributed by atoms with Crippen LogP contribution < -0.4 is 4.74 Å². The number of benzene rings is 2. The minimum absolute atomic E-state index is 0.104. The number of hydrogen-bond donors (Lipinski definition) is 1. The molecule has 0 aromatic heterocycles. The molecular weight excluding hydrogens is 354 g/mol. The number of nitrogens with zero attached hydrogens (tertiary/aromatic N) is 1. The van der Waals surface area contributed by atoms with Gasteiger partial charge >= 0.3 is 0 Å². The van der Waals surface area contributed by atoms with Crippen molar-refractivity contribution in [3.63, 3.8) is 0 Å². The van der Waals surface area contributed by atoms with Gasteiger partial charge in [-0.05, 0) is 42.7 Å². The summed E-state index contributed by atoms with van der Waals surface area (Å²) < 4.78 is 5.66. The molecular formula is C23H25NO4. The Morgan fingerprint density at radius 1 is 1.07 bits per heavy atom. The molecule has 5 heteroatoms. The first kappa shape index (κ1) is 19.7. The van der Waals surface area contributed by atoms with Gasteiger partial charge in [0.05, 0.1) is 18.2 Å². The molecule has 1 aliphatic heterocycles. The van der Waals surface area contributed by atoms with Gasteiger partial charge in [-0.25, -0.2) is 0 Å². The van der Waals surface area contributed by atoms with Crippen molar-refractivity contribution >= 4 is 17.4 Å². The fourth-order valence-corrected chi connectivity index (χ4v) is 3.21. The lowest BCUT2D eigenvalue weighted by Crippen LogP contribution is -2.24. The van der Waals surface area contributed by atoms with E-state index < -0.39 is 17.7 Å². The average Bonchev–Trinajstić information content (AvgIpc) is 2.91. The molecule has 5 nitrogen and oxygen atoms in total. The second kappa shape index (κ2) is 7.89. The Labute approximate surface area is 165 Å². The third-order valence-electron chi connectivity index (χ3n) is 4.78. The summed E-state index contributed by atoms with van der Waals surface area (Å²) in [5.41, 5.74) is 2.44. The molecule has 0 spiro atoms. The number of aryl methyl sites for hydroxylation is 1. The van der Waals surface area contributed by atoms with Gasteiger partial charge in [0.15, 0.2) is 0 Å². The minimum atomic E-state index is -0.675. The van der Waals surface area contributed by atoms with Crippen molar-refractivity contribution in [1.29, 1.82) is 0 Å². The number of ether oxygens (including phenoxy) is 1. The summed E-state index contributed by atoms with van der Waals surface area (Å²) in [7, 11) is 1.58. The van der Waals surface area contributed by atoms with Crippen LogP contribution >= 0.6 is 0 Å². The second-order valence-corrected chi connectivity index (χ2v) is 7.55. The van der Waals surface area contributed by atoms with Crippen LogP contribution in [0.1, 0.15) is 36.6 Å². The summed E-state index contributed by atoms with van der Waals surface area (Å²) in [6.45, 7) is 6.69. The van der Waals surface area contributed by atoms with Crippen molar-refractivity contribution in [3.05, 3.63) is 70.8 Å². The molecule has 0 saturated carbocycles. The first-order valence-electron chi connectivity index (χ1n) is 9.34. The lowest BCUT2D eigenvalue weighted by Gasteiger charge is -2.21. The fraction of sp³-hybridized carbons (Fsp3) is 0.304. The number of ketones is 1. The lowest BCUT2D eigenvalue weighted by atomic mass is 9.95. The molecule has 1 fully saturated rings. The molecule has 1 amide bonds. The van der Waals surface area contributed by atoms with Crippen LogP contribution in [0.4, 0.5) is 0 Å². The van der Waals surface area contributed by atoms with Crippen LogP contribution in [-0.4, -0.2) is 35.4 Å². The zero-order chi connectivity index (χ0) is 20.4. The zero-order valence-corrected chi connectivity index (χ0v) is 16.6. The number of Topliss-reactive ketones (excluding diaryl/α,β-unsaturated/α-hetero) is 1. The fourth-order valence-electron chi connectivity index (χ4n) is 3.21. The number of likely N-dealkylation sites (tertiary alicyclic amines) is 1. The van der Waals surface area contributed by atoms with Crippen LogP contribution in [0.25, 0.3) is 5.76 Å². The molecule has 1 atom stereocenters. The van der Waals surface area contributed by atoms with E-state index in [1.165, 1.54) is 4.90 Å². The normalized spacial score (nSPS) is 18.8. The number of aliphatic hydroxyl groups is 1. The quantitative estimate of drug-likeness (QED) is 0.483. The molecule has 0 unspecified atom stereocenters. The molecule has 0 bridgehead atoms. The Hall–Kier alpha value is -3.08. The summed E-state index contributed by atoms with van der Waals surface area (Å²) in [4.78, 5) is 26.3. The van der Waals surface area contributed by atoms with Gasteiger partial charge in [-0.1, -0.05) is 43.7 Å². The van der Waals surface area contributed by atoms with Gasteiger partial charge in [-0.2, -0.15) is 0 Å². The van der Waals surface area contributed by atoms with Crippen molar-refractivity contribution < 1.29 is 19.4 Å². The van der Waals surface area contributed by atoms with Crippen LogP contribution in [-0.2, 0) is 9.59 Å². The minimum Gasteiger partial charge on any atom is -0.507 e. The summed E-state index contributed by atoms with van der Waals surface area (Å²) in [5, 5.41) is 10.9. The SMILES string of the molecule is Cc1ccc([C@@H]2C(=C(O)c3ccc(OCC(C)C)cc3)C(=O)C(=O)N2C)cc1. The molecule has 0 aliphatic carbocycles. The van der Waals surface area contributed by atoms with E-state index in [9.17, 15) is 14.7 Å². The van der Waals surface area contributed by atoms with Crippen LogP contribution in [0.15, 0.2) is 54.1 Å². The molecule has 1 heterocycles. The topological polar surface area (TPSA) is 66.8 Å². The second-order valence-electron chi connectivity index (χ2n) is 7.55. The highest BCUT2D eigenvalue weighted by molar-refractivity contribution is 6.46. The highest BCUT2D eigenvalue weighted by atomic mass is 16.5. The van der Waals surface area contributed by atoms with Crippen molar-refractivity contribution in [3.8, 4) is 5.75 Å². The van der Waals surface area contributed by atoms with Gasteiger partial charge in [0.2, 0.25) is 0 Å². The Kier molecular flexibility index (Phi) is 5.54. The highest BCUT2D eigenvalue weighted by Crippen LogP contribution is 2.38. The predicted molar refractivity (Wildman–Crippen MR) is 108 cm³/mol. The van der Waals surface area contributed by atoms with Crippen molar-refractivity contribution in [2.45, 2.75) is 26.8 Å². The van der Waals surface area contributed by atoms with E-state index in [0.717, 1.165) is 11.1 Å². The number of aliphatic hydroxyl groups excluding tert-OH is 1. The van der Waals surface area contributed by atoms with Crippen molar-refractivity contribution in [1.82, 2.24) is 4.90 Å². The van der Waals surface area contributed by atoms with Crippen LogP contribution in [0.5, 0.6) is 5.75 Å². The van der Waals surface area contributed by atoms with Gasteiger partial charge in [0.1, 0.15) is 11.5 Å². The Morgan fingerprint density at radius 3 is 2.25 bits per heavy atom. The van der Waals surface area contributed by atoms with Crippen LogP contribution in [0.2, 0.25) is 0 Å². The number of carbonyl (C=O) groups is 2. The predicted octanol–water partition coefficient (Wildman–Crippen LogP) is 4.08. The smallest absolute Gasteiger partial charge is 0.295 e. The van der Waals surface area contributed by atoms with E-state index in [4.69, 9.17) is 4.74 Å². The van der Waals surface area contributed by atoms with E-state index in [0.29, 0.717) is 23.8 Å². The van der Waals surface area contributed by atoms with E-state index in [1.807, 2.05) is 31.2 Å².